The van der Waals surface area contributed by atoms with E-state index in [9.17, 15) is 40.9 Å². The van der Waals surface area contributed by atoms with Crippen LogP contribution in [0.15, 0.2) is 18.2 Å². The normalized spacial score (nSPS) is 37.7. The molecular formula is C23H28O11. The summed E-state index contributed by atoms with van der Waals surface area (Å²) in [4.78, 5) is 0. The fourth-order valence-electron chi connectivity index (χ4n) is 3.62. The third-order valence-electron chi connectivity index (χ3n) is 5.69. The topological polar surface area (TPSA) is 190 Å². The molecule has 0 bridgehead atoms. The smallest absolute Gasteiger partial charge is 0.147 e. The molecule has 186 valence electrons. The van der Waals surface area contributed by atoms with Gasteiger partial charge in [-0.1, -0.05) is 23.7 Å². The maximum atomic E-state index is 10.1. The van der Waals surface area contributed by atoms with Gasteiger partial charge in [-0.25, -0.2) is 0 Å². The van der Waals surface area contributed by atoms with E-state index in [-0.39, 0.29) is 0 Å². The fourth-order valence-corrected chi connectivity index (χ4v) is 3.62. The maximum Gasteiger partial charge on any atom is 0.147 e. The van der Waals surface area contributed by atoms with Crippen LogP contribution in [0.4, 0.5) is 0 Å². The van der Waals surface area contributed by atoms with Gasteiger partial charge in [0.25, 0.3) is 0 Å². The Morgan fingerprint density at radius 1 is 0.735 bits per heavy atom. The molecule has 0 aliphatic carbocycles. The largest absolute Gasteiger partial charge is 0.495 e. The van der Waals surface area contributed by atoms with Crippen molar-refractivity contribution in [1.29, 1.82) is 0 Å². The highest BCUT2D eigenvalue weighted by atomic mass is 16.5. The summed E-state index contributed by atoms with van der Waals surface area (Å²) in [5.41, 5.74) is 0.852. The Morgan fingerprint density at radius 3 is 1.71 bits per heavy atom. The monoisotopic (exact) mass is 480 g/mol. The van der Waals surface area contributed by atoms with Gasteiger partial charge in [-0.3, -0.25) is 0 Å². The standard InChI is InChI=1S/C23H28O11/c1-32-15-8-11(3-6-13-18(26)22(30)20(28)16(9-24)33-13)2-4-12(15)5-7-14-19(27)23(31)21(29)17(10-25)34-14/h2,4,8,13-14,16-31H,9-10H2,1H3/t13-,14-,16-,17-,18-,19-,20-,21-,22-,23-/m1/s1. The Morgan fingerprint density at radius 2 is 1.24 bits per heavy atom. The van der Waals surface area contributed by atoms with Crippen LogP contribution in [0.5, 0.6) is 5.75 Å². The van der Waals surface area contributed by atoms with Crippen molar-refractivity contribution < 1.29 is 55.1 Å². The van der Waals surface area contributed by atoms with Crippen LogP contribution in [-0.4, -0.2) is 122 Å². The number of methoxy groups -OCH3 is 1. The van der Waals surface area contributed by atoms with Gasteiger partial charge in [-0.15, -0.1) is 0 Å². The van der Waals surface area contributed by atoms with Crippen molar-refractivity contribution in [3.63, 3.8) is 0 Å². The van der Waals surface area contributed by atoms with E-state index in [0.29, 0.717) is 16.9 Å². The predicted octanol–water partition coefficient (Wildman–Crippen LogP) is -3.92. The molecule has 0 aromatic heterocycles. The van der Waals surface area contributed by atoms with Crippen molar-refractivity contribution in [3.05, 3.63) is 29.3 Å². The van der Waals surface area contributed by atoms with Crippen molar-refractivity contribution in [2.45, 2.75) is 61.0 Å². The zero-order valence-corrected chi connectivity index (χ0v) is 18.2. The summed E-state index contributed by atoms with van der Waals surface area (Å²) in [5, 5.41) is 78.2. The average molecular weight is 480 g/mol. The molecular weight excluding hydrogens is 452 g/mol. The van der Waals surface area contributed by atoms with Crippen LogP contribution in [0.1, 0.15) is 11.1 Å². The Labute approximate surface area is 195 Å². The van der Waals surface area contributed by atoms with Gasteiger partial charge < -0.3 is 55.1 Å². The summed E-state index contributed by atoms with van der Waals surface area (Å²) in [6.45, 7) is -1.12. The van der Waals surface area contributed by atoms with Crippen molar-refractivity contribution in [1.82, 2.24) is 0 Å². The summed E-state index contributed by atoms with van der Waals surface area (Å²) in [6.07, 6.45) is -13.4. The highest BCUT2D eigenvalue weighted by Gasteiger charge is 2.43. The van der Waals surface area contributed by atoms with Gasteiger partial charge >= 0.3 is 0 Å². The van der Waals surface area contributed by atoms with Crippen LogP contribution in [-0.2, 0) is 9.47 Å². The highest BCUT2D eigenvalue weighted by Crippen LogP contribution is 2.23. The second-order valence-corrected chi connectivity index (χ2v) is 7.95. The first kappa shape index (κ1) is 26.3. The van der Waals surface area contributed by atoms with Gasteiger partial charge in [-0.05, 0) is 18.2 Å². The fraction of sp³-hybridized carbons (Fsp3) is 0.565. The van der Waals surface area contributed by atoms with E-state index >= 15 is 0 Å². The van der Waals surface area contributed by atoms with Gasteiger partial charge in [0.05, 0.1) is 25.9 Å². The number of hydrogen-bond donors (Lipinski definition) is 8. The third kappa shape index (κ3) is 5.51. The molecule has 0 spiro atoms. The molecule has 2 fully saturated rings. The summed E-state index contributed by atoms with van der Waals surface area (Å²) >= 11 is 0. The van der Waals surface area contributed by atoms with E-state index < -0.39 is 74.3 Å². The van der Waals surface area contributed by atoms with E-state index in [1.165, 1.54) is 7.11 Å². The Hall–Kier alpha value is -2.26. The number of rotatable bonds is 3. The molecule has 0 saturated carbocycles. The SMILES string of the molecule is COc1cc(C#C[C@H]2O[C@H](CO)[C@@H](O)[C@H](O)[C@@H]2O)ccc1C#C[C@H]1O[C@H](CO)[C@@H](O)[C@H](O)[C@@H]1O. The lowest BCUT2D eigenvalue weighted by molar-refractivity contribution is -0.214. The summed E-state index contributed by atoms with van der Waals surface area (Å²) in [7, 11) is 1.41. The predicted molar refractivity (Wildman–Crippen MR) is 114 cm³/mol. The molecule has 2 aliphatic rings. The van der Waals surface area contributed by atoms with Crippen molar-refractivity contribution >= 4 is 0 Å². The minimum atomic E-state index is -1.54. The molecule has 0 unspecified atom stereocenters. The first-order valence-electron chi connectivity index (χ1n) is 10.5. The number of benzene rings is 1. The van der Waals surface area contributed by atoms with Gasteiger partial charge in [0.15, 0.2) is 0 Å². The van der Waals surface area contributed by atoms with Crippen LogP contribution in [0.3, 0.4) is 0 Å². The molecule has 3 rings (SSSR count). The zero-order chi connectivity index (χ0) is 25.0. The van der Waals surface area contributed by atoms with Gasteiger partial charge in [0, 0.05) is 5.56 Å². The highest BCUT2D eigenvalue weighted by molar-refractivity contribution is 5.52. The lowest BCUT2D eigenvalue weighted by Crippen LogP contribution is -2.58. The van der Waals surface area contributed by atoms with Gasteiger partial charge in [0.2, 0.25) is 0 Å². The number of ether oxygens (including phenoxy) is 3. The minimum absolute atomic E-state index is 0.317. The number of aliphatic hydroxyl groups is 8. The molecule has 0 radical (unpaired) electrons. The van der Waals surface area contributed by atoms with Crippen LogP contribution in [0.2, 0.25) is 0 Å². The summed E-state index contributed by atoms with van der Waals surface area (Å²) < 4.78 is 16.0. The summed E-state index contributed by atoms with van der Waals surface area (Å²) in [6, 6.07) is 4.72. The van der Waals surface area contributed by atoms with E-state index in [1.807, 2.05) is 0 Å². The van der Waals surface area contributed by atoms with Crippen LogP contribution in [0.25, 0.3) is 0 Å². The van der Waals surface area contributed by atoms with E-state index in [0.717, 1.165) is 0 Å². The Balaban J connectivity index is 1.78. The van der Waals surface area contributed by atoms with Gasteiger partial charge in [0.1, 0.15) is 66.8 Å². The number of aliphatic hydroxyl groups excluding tert-OH is 8. The Bertz CT molecular complexity index is 957. The van der Waals surface area contributed by atoms with Crippen molar-refractivity contribution in [2.75, 3.05) is 20.3 Å². The molecule has 11 heteroatoms. The molecule has 10 atom stereocenters. The first-order valence-corrected chi connectivity index (χ1v) is 10.5. The van der Waals surface area contributed by atoms with Crippen LogP contribution < -0.4 is 4.74 Å². The third-order valence-corrected chi connectivity index (χ3v) is 5.69. The first-order chi connectivity index (χ1) is 16.2. The molecule has 1 aromatic rings. The molecule has 0 amide bonds. The zero-order valence-electron chi connectivity index (χ0n) is 18.2. The quantitative estimate of drug-likeness (QED) is 0.197. The molecule has 2 aliphatic heterocycles. The second-order valence-electron chi connectivity index (χ2n) is 7.95. The summed E-state index contributed by atoms with van der Waals surface area (Å²) in [5.74, 6) is 11.2. The van der Waals surface area contributed by atoms with E-state index in [4.69, 9.17) is 14.2 Å². The van der Waals surface area contributed by atoms with E-state index in [1.54, 1.807) is 18.2 Å². The Kier molecular flexibility index (Phi) is 8.87. The van der Waals surface area contributed by atoms with Crippen LogP contribution >= 0.6 is 0 Å². The van der Waals surface area contributed by atoms with Crippen LogP contribution in [0, 0.1) is 23.7 Å². The van der Waals surface area contributed by atoms with Gasteiger partial charge in [-0.2, -0.15) is 0 Å². The molecule has 1 aromatic carbocycles. The maximum absolute atomic E-state index is 10.1. The molecule has 34 heavy (non-hydrogen) atoms. The number of hydrogen-bond acceptors (Lipinski definition) is 11. The lowest BCUT2D eigenvalue weighted by atomic mass is 9.95. The average Bonchev–Trinajstić information content (AvgIpc) is 2.85. The minimum Gasteiger partial charge on any atom is -0.495 e. The van der Waals surface area contributed by atoms with Crippen molar-refractivity contribution in [2.24, 2.45) is 0 Å². The lowest BCUT2D eigenvalue weighted by Gasteiger charge is -2.37. The molecule has 8 N–H and O–H groups in total. The molecule has 11 nitrogen and oxygen atoms in total. The second kappa shape index (κ2) is 11.4. The molecule has 2 heterocycles. The molecule has 2 saturated heterocycles. The van der Waals surface area contributed by atoms with Crippen molar-refractivity contribution in [3.8, 4) is 29.4 Å². The van der Waals surface area contributed by atoms with E-state index in [2.05, 4.69) is 23.7 Å².